The zero-order chi connectivity index (χ0) is 56.4. The maximum Gasteiger partial charge on any atom is 0.329 e. The number of rotatable bonds is 9. The van der Waals surface area contributed by atoms with Crippen molar-refractivity contribution in [2.24, 2.45) is 35.5 Å². The summed E-state index contributed by atoms with van der Waals surface area (Å²) in [5.41, 5.74) is 0.801. The van der Waals surface area contributed by atoms with Gasteiger partial charge in [0.2, 0.25) is 5.79 Å². The molecule has 0 radical (unpaired) electrons. The van der Waals surface area contributed by atoms with Crippen molar-refractivity contribution < 1.29 is 77.3 Å². The first-order valence-electron chi connectivity index (χ1n) is 27.9. The molecule has 384 valence electrons. The van der Waals surface area contributed by atoms with Crippen LogP contribution >= 0.6 is 0 Å². The molecule has 0 aromatic heterocycles. The van der Waals surface area contributed by atoms with Gasteiger partial charge in [-0.15, -0.1) is 0 Å². The third-order valence-corrected chi connectivity index (χ3v) is 14.6. The van der Waals surface area contributed by atoms with Crippen molar-refractivity contribution in [3.63, 3.8) is 0 Å². The Morgan fingerprint density at radius 3 is 2.35 bits per heavy atom. The molecule has 0 aromatic rings. The molecule has 1 amide bonds. The maximum absolute atomic E-state index is 14.5. The molecular formula is C53H83NO14. The van der Waals surface area contributed by atoms with Gasteiger partial charge >= 0.3 is 5.97 Å². The second-order valence-corrected chi connectivity index (χ2v) is 19.8. The number of aliphatic hydroxyl groups is 3. The monoisotopic (exact) mass is 965 g/mol. The molecule has 3 N–H and O–H groups in total. The fraction of sp³-hybridized carbons (Fsp3) is 0.755. The Labute approximate surface area is 414 Å². The number of aliphatic hydroxyl groups excluding tert-OH is 1. The summed E-state index contributed by atoms with van der Waals surface area (Å²) in [6.07, 6.45) is 5.81. The van der Waals surface area contributed by atoms with Crippen LogP contribution in [-0.2, 0) is 52.4 Å². The number of esters is 1. The van der Waals surface area contributed by atoms with Gasteiger partial charge in [-0.1, -0.05) is 71.1 Å². The van der Waals surface area contributed by atoms with Crippen LogP contribution in [0.25, 0.3) is 0 Å². The lowest BCUT2D eigenvalue weighted by Crippen LogP contribution is -2.61. The molecule has 2 saturated heterocycles. The number of amides is 1. The minimum absolute atomic E-state index is 0.0376. The van der Waals surface area contributed by atoms with Gasteiger partial charge in [0.15, 0.2) is 5.78 Å². The number of ketones is 3. The van der Waals surface area contributed by atoms with E-state index in [4.69, 9.17) is 38.0 Å². The molecule has 15 atom stereocenters. The molecule has 1 aliphatic carbocycles. The standard InChI is InChI=1S/C53H83NO14/c1-32-16-12-11-13-17-33(2)44(63-8)30-40-21-19-38(7)53(62,68-40)50(59)51(60)54-23-15-14-18-41(54)52(61)67-45(35(4)28-39-20-22-43(66-25-24-55)46(29-39)64-9)31-42(56)34(3)27-37(6)48(58)49(65-10)47(57)36(5)26-32/h11-13,16-17,27,32,34-36,38-41,43-46,48-49,55,58,62H,14-15,18-26,28-31H2,1-10H3/b13-11?,16-12+,33-17?,37-27+/t32-,34-,35-,36-,38-,39+,40+,41+,43-,44+,45+,46-,48-,49+,53-/m1/s1/i8D3,24D2,25D2. The van der Waals surface area contributed by atoms with Crippen LogP contribution in [0.4, 0.5) is 0 Å². The molecule has 15 nitrogen and oxygen atoms in total. The van der Waals surface area contributed by atoms with Crippen molar-refractivity contribution in [2.45, 2.75) is 180 Å². The van der Waals surface area contributed by atoms with Gasteiger partial charge in [0.1, 0.15) is 30.1 Å². The van der Waals surface area contributed by atoms with Crippen LogP contribution in [-0.4, -0.2) is 145 Å². The number of cyclic esters (lactones) is 1. The van der Waals surface area contributed by atoms with Crippen LogP contribution in [0, 0.1) is 35.5 Å². The molecule has 3 aliphatic heterocycles. The van der Waals surface area contributed by atoms with Gasteiger partial charge in [-0.2, -0.15) is 0 Å². The summed E-state index contributed by atoms with van der Waals surface area (Å²) in [6.45, 7) is 5.54. The molecule has 15 heteroatoms. The van der Waals surface area contributed by atoms with E-state index in [1.165, 1.54) is 20.3 Å². The highest BCUT2D eigenvalue weighted by Crippen LogP contribution is 2.38. The second kappa shape index (κ2) is 27.3. The minimum atomic E-state index is -3.29. The molecule has 2 bridgehead atoms. The summed E-state index contributed by atoms with van der Waals surface area (Å²) in [7, 11) is -0.0992. The first kappa shape index (κ1) is 46.9. The topological polar surface area (TPSA) is 205 Å². The van der Waals surface area contributed by atoms with E-state index in [1.807, 2.05) is 13.0 Å². The summed E-state index contributed by atoms with van der Waals surface area (Å²) in [5.74, 6) is -9.77. The smallest absolute Gasteiger partial charge is 0.329 e. The molecule has 0 unspecified atom stereocenters. The fourth-order valence-electron chi connectivity index (χ4n) is 10.2. The van der Waals surface area contributed by atoms with E-state index in [0.29, 0.717) is 56.1 Å². The highest BCUT2D eigenvalue weighted by atomic mass is 16.6. The lowest BCUT2D eigenvalue weighted by Gasteiger charge is -2.42. The second-order valence-electron chi connectivity index (χ2n) is 19.8. The number of carbonyl (C=O) groups excluding carboxylic acids is 5. The van der Waals surface area contributed by atoms with E-state index >= 15 is 0 Å². The Morgan fingerprint density at radius 2 is 1.66 bits per heavy atom. The number of fused-ring (bicyclic) bond motifs is 3. The summed E-state index contributed by atoms with van der Waals surface area (Å²) in [4.78, 5) is 72.4. The maximum atomic E-state index is 14.5. The lowest BCUT2D eigenvalue weighted by molar-refractivity contribution is -0.265. The van der Waals surface area contributed by atoms with Crippen molar-refractivity contribution in [3.05, 3.63) is 47.6 Å². The Hall–Kier alpha value is -3.41. The molecule has 0 spiro atoms. The molecule has 0 aromatic carbocycles. The SMILES string of the molecule is [2H]C([2H])([2H])O[C@H]1C[C@@H]2CC[C@@H](C)[C@@](O)(O2)C(=O)C(=O)N2CCCC[C@H]2C(=O)O[C@H]([C@H](C)C[C@@H]2CC[C@@H](OC([2H])([2H])C([2H])([2H])O)[C@H](OC)C2)CC(=O)[C@H](C)/C=C(\C)[C@@H](O)[C@@H](OC)C(=O)[C@H](C)C[C@H](C)/C=C/C=CC=C1C. The number of allylic oxidation sites excluding steroid dienone is 6. The highest BCUT2D eigenvalue weighted by molar-refractivity contribution is 6.39. The Kier molecular flexibility index (Phi) is 18.8. The van der Waals surface area contributed by atoms with Crippen LogP contribution in [0.5, 0.6) is 0 Å². The van der Waals surface area contributed by atoms with Crippen molar-refractivity contribution >= 4 is 29.2 Å². The summed E-state index contributed by atoms with van der Waals surface area (Å²) < 4.78 is 89.1. The Bertz CT molecular complexity index is 2090. The Balaban J connectivity index is 1.73. The van der Waals surface area contributed by atoms with Gasteiger partial charge < -0.3 is 48.6 Å². The van der Waals surface area contributed by atoms with E-state index in [0.717, 1.165) is 4.90 Å². The number of hydrogen-bond acceptors (Lipinski definition) is 14. The average molecular weight is 965 g/mol. The number of Topliss-reactive ketones (excluding diaryl/α,β-unsaturated/α-hetero) is 3. The van der Waals surface area contributed by atoms with E-state index in [2.05, 4.69) is 0 Å². The van der Waals surface area contributed by atoms with Crippen LogP contribution in [0.3, 0.4) is 0 Å². The third-order valence-electron chi connectivity index (χ3n) is 14.6. The quantitative estimate of drug-likeness (QED) is 0.134. The van der Waals surface area contributed by atoms with Gasteiger partial charge in [0, 0.05) is 58.4 Å². The van der Waals surface area contributed by atoms with Crippen LogP contribution in [0.15, 0.2) is 47.6 Å². The number of methoxy groups -OCH3 is 3. The molecule has 4 aliphatic rings. The van der Waals surface area contributed by atoms with Crippen LogP contribution in [0.1, 0.15) is 135 Å². The van der Waals surface area contributed by atoms with E-state index in [1.54, 1.807) is 65.8 Å². The lowest BCUT2D eigenvalue weighted by atomic mass is 9.78. The summed E-state index contributed by atoms with van der Waals surface area (Å²) >= 11 is 0. The zero-order valence-corrected chi connectivity index (χ0v) is 41.5. The molecule has 3 fully saturated rings. The number of ether oxygens (including phenoxy) is 6. The van der Waals surface area contributed by atoms with E-state index < -0.39 is 116 Å². The highest BCUT2D eigenvalue weighted by Gasteiger charge is 2.53. The molecule has 3 heterocycles. The predicted molar refractivity (Wildman–Crippen MR) is 256 cm³/mol. The minimum Gasteiger partial charge on any atom is -0.460 e. The number of carbonyl (C=O) groups is 5. The van der Waals surface area contributed by atoms with Crippen molar-refractivity contribution in [2.75, 3.05) is 40.9 Å². The fourth-order valence-corrected chi connectivity index (χ4v) is 10.2. The molecular weight excluding hydrogens is 875 g/mol. The third kappa shape index (κ3) is 15.3. The molecule has 68 heavy (non-hydrogen) atoms. The number of nitrogens with zero attached hydrogens (tertiary/aromatic N) is 1. The van der Waals surface area contributed by atoms with Gasteiger partial charge in [-0.3, -0.25) is 19.2 Å². The largest absolute Gasteiger partial charge is 0.460 e. The van der Waals surface area contributed by atoms with Gasteiger partial charge in [-0.25, -0.2) is 4.79 Å². The number of hydrogen-bond donors (Lipinski definition) is 3. The van der Waals surface area contributed by atoms with Crippen molar-refractivity contribution in [1.29, 1.82) is 0 Å². The normalized spacial score (nSPS) is 40.1. The van der Waals surface area contributed by atoms with Gasteiger partial charge in [0.25, 0.3) is 11.7 Å². The average Bonchev–Trinajstić information content (AvgIpc) is 3.33. The molecule has 1 saturated carbocycles. The first-order valence-corrected chi connectivity index (χ1v) is 24.4. The van der Waals surface area contributed by atoms with Gasteiger partial charge in [-0.05, 0) is 107 Å². The van der Waals surface area contributed by atoms with Crippen molar-refractivity contribution in [3.8, 4) is 0 Å². The predicted octanol–water partition coefficient (Wildman–Crippen LogP) is 6.20. The summed E-state index contributed by atoms with van der Waals surface area (Å²) in [5, 5.41) is 33.3. The first-order chi connectivity index (χ1) is 34.8. The van der Waals surface area contributed by atoms with E-state index in [-0.39, 0.29) is 62.1 Å². The van der Waals surface area contributed by atoms with E-state index in [9.17, 15) is 39.3 Å². The van der Waals surface area contributed by atoms with Gasteiger partial charge in [0.05, 0.1) is 47.1 Å². The van der Waals surface area contributed by atoms with Crippen LogP contribution < -0.4 is 0 Å². The molecule has 4 rings (SSSR count). The van der Waals surface area contributed by atoms with Crippen molar-refractivity contribution in [1.82, 2.24) is 4.90 Å². The summed E-state index contributed by atoms with van der Waals surface area (Å²) in [6, 6.07) is -1.29. The zero-order valence-electron chi connectivity index (χ0n) is 48.5. The van der Waals surface area contributed by atoms with Crippen LogP contribution in [0.2, 0.25) is 0 Å². The Morgan fingerprint density at radius 1 is 0.912 bits per heavy atom. The number of piperidine rings is 1.